The summed E-state index contributed by atoms with van der Waals surface area (Å²) in [5, 5.41) is 10.1. The SMILES string of the molecule is OC1(c2ccc(Br)c(Cl)c2F)CCOC1. The van der Waals surface area contributed by atoms with Crippen molar-refractivity contribution in [2.24, 2.45) is 0 Å². The summed E-state index contributed by atoms with van der Waals surface area (Å²) in [7, 11) is 0. The van der Waals surface area contributed by atoms with E-state index in [-0.39, 0.29) is 17.2 Å². The minimum Gasteiger partial charge on any atom is -0.383 e. The third kappa shape index (κ3) is 1.91. The number of hydrogen-bond donors (Lipinski definition) is 1. The highest BCUT2D eigenvalue weighted by molar-refractivity contribution is 9.10. The quantitative estimate of drug-likeness (QED) is 0.807. The van der Waals surface area contributed by atoms with Crippen LogP contribution in [-0.2, 0) is 10.3 Å². The molecule has 1 fully saturated rings. The van der Waals surface area contributed by atoms with Crippen LogP contribution in [-0.4, -0.2) is 18.3 Å². The van der Waals surface area contributed by atoms with Crippen LogP contribution in [0.3, 0.4) is 0 Å². The maximum Gasteiger partial charge on any atom is 0.149 e. The zero-order valence-electron chi connectivity index (χ0n) is 7.77. The lowest BCUT2D eigenvalue weighted by Gasteiger charge is -2.22. The molecule has 5 heteroatoms. The molecule has 1 heterocycles. The third-order valence-corrected chi connectivity index (χ3v) is 3.80. The van der Waals surface area contributed by atoms with Gasteiger partial charge in [0.15, 0.2) is 0 Å². The topological polar surface area (TPSA) is 29.5 Å². The van der Waals surface area contributed by atoms with Gasteiger partial charge in [0.05, 0.1) is 11.6 Å². The number of halogens is 3. The zero-order chi connectivity index (χ0) is 11.1. The maximum absolute atomic E-state index is 13.8. The van der Waals surface area contributed by atoms with Crippen LogP contribution in [0.15, 0.2) is 16.6 Å². The van der Waals surface area contributed by atoms with Gasteiger partial charge in [0.25, 0.3) is 0 Å². The van der Waals surface area contributed by atoms with Crippen LogP contribution >= 0.6 is 27.5 Å². The highest BCUT2D eigenvalue weighted by Crippen LogP contribution is 2.36. The van der Waals surface area contributed by atoms with E-state index in [1.807, 2.05) is 0 Å². The van der Waals surface area contributed by atoms with Crippen molar-refractivity contribution in [1.29, 1.82) is 0 Å². The second-order valence-electron chi connectivity index (χ2n) is 3.56. The summed E-state index contributed by atoms with van der Waals surface area (Å²) < 4.78 is 19.3. The first-order chi connectivity index (χ1) is 7.04. The van der Waals surface area contributed by atoms with Crippen LogP contribution in [0.4, 0.5) is 4.39 Å². The van der Waals surface area contributed by atoms with Gasteiger partial charge in [0, 0.05) is 23.1 Å². The molecule has 0 bridgehead atoms. The molecule has 1 aromatic carbocycles. The summed E-state index contributed by atoms with van der Waals surface area (Å²) in [4.78, 5) is 0. The lowest BCUT2D eigenvalue weighted by atomic mass is 9.93. The van der Waals surface area contributed by atoms with Gasteiger partial charge in [-0.1, -0.05) is 17.7 Å². The Morgan fingerprint density at radius 3 is 2.87 bits per heavy atom. The number of ether oxygens (including phenoxy) is 1. The minimum absolute atomic E-state index is 0.00664. The van der Waals surface area contributed by atoms with E-state index in [2.05, 4.69) is 15.9 Å². The smallest absolute Gasteiger partial charge is 0.149 e. The summed E-state index contributed by atoms with van der Waals surface area (Å²) in [6.45, 7) is 0.547. The molecule has 82 valence electrons. The number of aliphatic hydroxyl groups is 1. The van der Waals surface area contributed by atoms with Crippen molar-refractivity contribution < 1.29 is 14.2 Å². The van der Waals surface area contributed by atoms with Gasteiger partial charge in [0.1, 0.15) is 11.4 Å². The van der Waals surface area contributed by atoms with E-state index in [0.29, 0.717) is 17.5 Å². The molecule has 2 rings (SSSR count). The molecule has 1 atom stereocenters. The Balaban J connectivity index is 2.49. The van der Waals surface area contributed by atoms with E-state index in [0.717, 1.165) is 0 Å². The van der Waals surface area contributed by atoms with Gasteiger partial charge in [-0.15, -0.1) is 0 Å². The molecule has 1 N–H and O–H groups in total. The van der Waals surface area contributed by atoms with E-state index < -0.39 is 11.4 Å². The monoisotopic (exact) mass is 294 g/mol. The van der Waals surface area contributed by atoms with Crippen molar-refractivity contribution in [3.05, 3.63) is 33.0 Å². The van der Waals surface area contributed by atoms with Gasteiger partial charge >= 0.3 is 0 Å². The lowest BCUT2D eigenvalue weighted by Crippen LogP contribution is -2.27. The van der Waals surface area contributed by atoms with Crippen LogP contribution in [0, 0.1) is 5.82 Å². The molecule has 1 aromatic rings. The number of rotatable bonds is 1. The molecule has 2 nitrogen and oxygen atoms in total. The first-order valence-corrected chi connectivity index (χ1v) is 5.66. The average Bonchev–Trinajstić information content (AvgIpc) is 2.62. The third-order valence-electron chi connectivity index (χ3n) is 2.54. The molecule has 1 aliphatic rings. The number of benzene rings is 1. The molecular weight excluding hydrogens is 286 g/mol. The standard InChI is InChI=1S/C10H9BrClFO2/c11-7-2-1-6(9(13)8(7)12)10(14)3-4-15-5-10/h1-2,14H,3-5H2. The van der Waals surface area contributed by atoms with E-state index in [1.54, 1.807) is 6.07 Å². The molecule has 1 aliphatic heterocycles. The molecule has 0 amide bonds. The van der Waals surface area contributed by atoms with Crippen LogP contribution < -0.4 is 0 Å². The van der Waals surface area contributed by atoms with Crippen LogP contribution in [0.2, 0.25) is 5.02 Å². The Kier molecular flexibility index (Phi) is 3.03. The minimum atomic E-state index is -1.24. The second-order valence-corrected chi connectivity index (χ2v) is 4.79. The maximum atomic E-state index is 13.8. The Labute approximate surface area is 100 Å². The van der Waals surface area contributed by atoms with Crippen LogP contribution in [0.5, 0.6) is 0 Å². The Bertz CT molecular complexity index is 391. The van der Waals surface area contributed by atoms with Gasteiger partial charge in [-0.2, -0.15) is 0 Å². The molecule has 15 heavy (non-hydrogen) atoms. The van der Waals surface area contributed by atoms with E-state index in [1.165, 1.54) is 6.07 Å². The summed E-state index contributed by atoms with van der Waals surface area (Å²) in [6, 6.07) is 3.15. The summed E-state index contributed by atoms with van der Waals surface area (Å²) in [6.07, 6.45) is 0.391. The van der Waals surface area contributed by atoms with Crippen LogP contribution in [0.25, 0.3) is 0 Å². The molecule has 1 unspecified atom stereocenters. The van der Waals surface area contributed by atoms with Crippen LogP contribution in [0.1, 0.15) is 12.0 Å². The highest BCUT2D eigenvalue weighted by atomic mass is 79.9. The summed E-state index contributed by atoms with van der Waals surface area (Å²) in [5.41, 5.74) is -1.04. The van der Waals surface area contributed by atoms with Crippen molar-refractivity contribution in [3.63, 3.8) is 0 Å². The first kappa shape index (κ1) is 11.3. The first-order valence-electron chi connectivity index (χ1n) is 4.49. The lowest BCUT2D eigenvalue weighted by molar-refractivity contribution is 0.0202. The van der Waals surface area contributed by atoms with Gasteiger partial charge in [-0.3, -0.25) is 0 Å². The summed E-state index contributed by atoms with van der Waals surface area (Å²) >= 11 is 8.87. The Hall–Kier alpha value is -0.160. The molecule has 0 saturated carbocycles. The van der Waals surface area contributed by atoms with E-state index in [9.17, 15) is 9.50 Å². The van der Waals surface area contributed by atoms with Gasteiger partial charge in [-0.05, 0) is 22.0 Å². The van der Waals surface area contributed by atoms with E-state index in [4.69, 9.17) is 16.3 Å². The van der Waals surface area contributed by atoms with E-state index >= 15 is 0 Å². The predicted octanol–water partition coefficient (Wildman–Crippen LogP) is 2.85. The molecular formula is C10H9BrClFO2. The fraction of sp³-hybridized carbons (Fsp3) is 0.400. The van der Waals surface area contributed by atoms with Gasteiger partial charge in [0.2, 0.25) is 0 Å². The number of hydrogen-bond acceptors (Lipinski definition) is 2. The van der Waals surface area contributed by atoms with Crippen molar-refractivity contribution in [1.82, 2.24) is 0 Å². The Morgan fingerprint density at radius 2 is 2.27 bits per heavy atom. The van der Waals surface area contributed by atoms with Gasteiger partial charge in [-0.25, -0.2) is 4.39 Å². The molecule has 0 aliphatic carbocycles. The largest absolute Gasteiger partial charge is 0.383 e. The second kappa shape index (κ2) is 4.01. The molecule has 0 aromatic heterocycles. The molecule has 0 spiro atoms. The van der Waals surface area contributed by atoms with Crippen molar-refractivity contribution in [2.75, 3.05) is 13.2 Å². The predicted molar refractivity (Wildman–Crippen MR) is 58.4 cm³/mol. The highest BCUT2D eigenvalue weighted by Gasteiger charge is 2.37. The normalized spacial score (nSPS) is 25.9. The average molecular weight is 296 g/mol. The van der Waals surface area contributed by atoms with Gasteiger partial charge < -0.3 is 9.84 Å². The molecule has 1 saturated heterocycles. The fourth-order valence-corrected chi connectivity index (χ4v) is 2.12. The summed E-state index contributed by atoms with van der Waals surface area (Å²) in [5.74, 6) is -0.584. The van der Waals surface area contributed by atoms with Crippen molar-refractivity contribution in [2.45, 2.75) is 12.0 Å². The zero-order valence-corrected chi connectivity index (χ0v) is 10.1. The fourth-order valence-electron chi connectivity index (χ4n) is 1.65. The van der Waals surface area contributed by atoms with Crippen molar-refractivity contribution >= 4 is 27.5 Å². The molecule has 0 radical (unpaired) electrons. The van der Waals surface area contributed by atoms with Crippen molar-refractivity contribution in [3.8, 4) is 0 Å². The Morgan fingerprint density at radius 1 is 1.53 bits per heavy atom.